The topological polar surface area (TPSA) is 64.7 Å². The maximum atomic E-state index is 6.74. The van der Waals surface area contributed by atoms with Crippen LogP contribution in [-0.4, -0.2) is 19.9 Å². The van der Waals surface area contributed by atoms with Crippen molar-refractivity contribution in [3.05, 3.63) is 146 Å². The van der Waals surface area contributed by atoms with E-state index in [1.165, 1.54) is 5.39 Å². The Balaban J connectivity index is 1.30. The number of thiazole rings is 1. The molecule has 6 heteroatoms. The van der Waals surface area contributed by atoms with Gasteiger partial charge in [-0.2, -0.15) is 0 Å². The maximum absolute atomic E-state index is 6.74. The van der Waals surface area contributed by atoms with Gasteiger partial charge in [-0.15, -0.1) is 11.3 Å². The second-order valence-corrected chi connectivity index (χ2v) is 12.9. The largest absolute Gasteiger partial charge is 0.454 e. The van der Waals surface area contributed by atoms with E-state index in [2.05, 4.69) is 97.1 Å². The van der Waals surface area contributed by atoms with Crippen LogP contribution in [0.4, 0.5) is 0 Å². The van der Waals surface area contributed by atoms with Crippen LogP contribution in [0.3, 0.4) is 0 Å². The molecule has 3 aromatic heterocycles. The Labute approximate surface area is 278 Å². The molecule has 0 N–H and O–H groups in total. The van der Waals surface area contributed by atoms with Gasteiger partial charge in [0.15, 0.2) is 23.1 Å². The molecular weight excluding hydrogens is 609 g/mol. The minimum atomic E-state index is 0.587. The monoisotopic (exact) mass is 632 g/mol. The van der Waals surface area contributed by atoms with E-state index in [4.69, 9.17) is 24.4 Å². The molecule has 224 valence electrons. The molecule has 0 aliphatic carbocycles. The van der Waals surface area contributed by atoms with Crippen molar-refractivity contribution in [1.82, 2.24) is 19.9 Å². The van der Waals surface area contributed by atoms with Gasteiger partial charge in [0.25, 0.3) is 0 Å². The Morgan fingerprint density at radius 2 is 1.06 bits per heavy atom. The summed E-state index contributed by atoms with van der Waals surface area (Å²) in [4.78, 5) is 20.5. The van der Waals surface area contributed by atoms with Gasteiger partial charge in [-0.05, 0) is 45.8 Å². The Morgan fingerprint density at radius 1 is 0.458 bits per heavy atom. The van der Waals surface area contributed by atoms with E-state index in [0.29, 0.717) is 17.5 Å². The van der Waals surface area contributed by atoms with Crippen LogP contribution in [0.2, 0.25) is 0 Å². The predicted molar refractivity (Wildman–Crippen MR) is 197 cm³/mol. The summed E-state index contributed by atoms with van der Waals surface area (Å²) < 4.78 is 7.74. The van der Waals surface area contributed by atoms with E-state index in [1.54, 1.807) is 11.3 Å². The summed E-state index contributed by atoms with van der Waals surface area (Å²) in [6.07, 6.45) is 0. The molecule has 0 aliphatic rings. The smallest absolute Gasteiger partial charge is 0.164 e. The standard InChI is InChI=1S/C42H24N4OS/c1-3-12-26(13-4-1)39-44-40(31-20-19-25-11-7-8-16-28(25)21-31)46-41(45-39)33-24-35-37(43-42(48-35)27-14-5-2-6-15-27)38-36(33)32-22-29-17-9-10-18-30(29)23-34(32)47-38/h1-24H. The molecule has 10 rings (SSSR count). The molecule has 0 radical (unpaired) electrons. The summed E-state index contributed by atoms with van der Waals surface area (Å²) in [6.45, 7) is 0. The second-order valence-electron chi connectivity index (χ2n) is 11.9. The summed E-state index contributed by atoms with van der Waals surface area (Å²) in [5, 5.41) is 7.45. The fraction of sp³-hybridized carbons (Fsp3) is 0. The molecule has 7 aromatic carbocycles. The van der Waals surface area contributed by atoms with Gasteiger partial charge < -0.3 is 4.42 Å². The summed E-state index contributed by atoms with van der Waals surface area (Å²) in [5.74, 6) is 1.82. The zero-order valence-corrected chi connectivity index (χ0v) is 26.3. The fourth-order valence-corrected chi connectivity index (χ4v) is 7.57. The van der Waals surface area contributed by atoms with Crippen LogP contribution >= 0.6 is 11.3 Å². The van der Waals surface area contributed by atoms with Crippen LogP contribution in [0.5, 0.6) is 0 Å². The van der Waals surface area contributed by atoms with Crippen LogP contribution < -0.4 is 0 Å². The van der Waals surface area contributed by atoms with Gasteiger partial charge in [0, 0.05) is 33.0 Å². The summed E-state index contributed by atoms with van der Waals surface area (Å²) in [6, 6.07) is 50.0. The minimum Gasteiger partial charge on any atom is -0.454 e. The lowest BCUT2D eigenvalue weighted by Gasteiger charge is -2.10. The van der Waals surface area contributed by atoms with E-state index >= 15 is 0 Å². The second kappa shape index (κ2) is 10.7. The molecular formula is C42H24N4OS. The third-order valence-corrected chi connectivity index (χ3v) is 9.96. The molecule has 48 heavy (non-hydrogen) atoms. The van der Waals surface area contributed by atoms with Crippen molar-refractivity contribution in [3.63, 3.8) is 0 Å². The molecule has 5 nitrogen and oxygen atoms in total. The summed E-state index contributed by atoms with van der Waals surface area (Å²) in [7, 11) is 0. The van der Waals surface area contributed by atoms with Crippen LogP contribution in [0.15, 0.2) is 150 Å². The van der Waals surface area contributed by atoms with Gasteiger partial charge in [-0.25, -0.2) is 19.9 Å². The Kier molecular flexibility index (Phi) is 5.98. The van der Waals surface area contributed by atoms with Crippen molar-refractivity contribution < 1.29 is 4.42 Å². The van der Waals surface area contributed by atoms with E-state index in [1.807, 2.05) is 48.5 Å². The zero-order valence-electron chi connectivity index (χ0n) is 25.5. The van der Waals surface area contributed by atoms with E-state index < -0.39 is 0 Å². The molecule has 3 heterocycles. The number of hydrogen-bond donors (Lipinski definition) is 0. The van der Waals surface area contributed by atoms with E-state index in [9.17, 15) is 0 Å². The maximum Gasteiger partial charge on any atom is 0.164 e. The lowest BCUT2D eigenvalue weighted by molar-refractivity contribution is 0.672. The van der Waals surface area contributed by atoms with Crippen LogP contribution in [0.25, 0.3) is 98.4 Å². The van der Waals surface area contributed by atoms with Gasteiger partial charge in [-0.1, -0.05) is 121 Å². The number of furan rings is 1. The van der Waals surface area contributed by atoms with Crippen LogP contribution in [0.1, 0.15) is 0 Å². The van der Waals surface area contributed by atoms with Gasteiger partial charge in [0.2, 0.25) is 0 Å². The van der Waals surface area contributed by atoms with Gasteiger partial charge >= 0.3 is 0 Å². The minimum absolute atomic E-state index is 0.587. The third-order valence-electron chi connectivity index (χ3n) is 8.91. The molecule has 0 bridgehead atoms. The molecule has 0 unspecified atom stereocenters. The van der Waals surface area contributed by atoms with Crippen molar-refractivity contribution in [2.24, 2.45) is 0 Å². The zero-order chi connectivity index (χ0) is 31.6. The SMILES string of the molecule is c1ccc(-c2nc(-c3ccc4ccccc4c3)nc(-c3cc4sc(-c5ccccc5)nc4c4oc5cc6ccccc6cc5c34)n2)cc1. The predicted octanol–water partition coefficient (Wildman–Crippen LogP) is 11.4. The number of rotatable bonds is 4. The highest BCUT2D eigenvalue weighted by Crippen LogP contribution is 2.44. The summed E-state index contributed by atoms with van der Waals surface area (Å²) >= 11 is 1.65. The average molecular weight is 633 g/mol. The van der Waals surface area contributed by atoms with E-state index in [-0.39, 0.29) is 0 Å². The molecule has 0 amide bonds. The van der Waals surface area contributed by atoms with Crippen LogP contribution in [0, 0.1) is 0 Å². The first-order chi connectivity index (χ1) is 23.7. The molecule has 0 fully saturated rings. The van der Waals surface area contributed by atoms with Crippen LogP contribution in [-0.2, 0) is 0 Å². The quantitative estimate of drug-likeness (QED) is 0.193. The Hall–Kier alpha value is -6.24. The fourth-order valence-electron chi connectivity index (χ4n) is 6.56. The lowest BCUT2D eigenvalue weighted by atomic mass is 10.0. The first kappa shape index (κ1) is 26.9. The molecule has 0 saturated carbocycles. The first-order valence-corrected chi connectivity index (χ1v) is 16.6. The van der Waals surface area contributed by atoms with E-state index in [0.717, 1.165) is 75.6 Å². The Bertz CT molecular complexity index is 2840. The highest BCUT2D eigenvalue weighted by Gasteiger charge is 2.23. The number of fused-ring (bicyclic) bond motifs is 7. The molecule has 0 atom stereocenters. The van der Waals surface area contributed by atoms with Gasteiger partial charge in [0.05, 0.1) is 4.70 Å². The Morgan fingerprint density at radius 3 is 1.81 bits per heavy atom. The first-order valence-electron chi connectivity index (χ1n) is 15.8. The number of benzene rings is 7. The van der Waals surface area contributed by atoms with Crippen molar-refractivity contribution in [2.45, 2.75) is 0 Å². The molecule has 0 spiro atoms. The van der Waals surface area contributed by atoms with Gasteiger partial charge in [0.1, 0.15) is 16.1 Å². The number of nitrogens with zero attached hydrogens (tertiary/aromatic N) is 4. The highest BCUT2D eigenvalue weighted by molar-refractivity contribution is 7.21. The molecule has 0 aliphatic heterocycles. The van der Waals surface area contributed by atoms with Crippen molar-refractivity contribution in [2.75, 3.05) is 0 Å². The highest BCUT2D eigenvalue weighted by atomic mass is 32.1. The normalized spacial score (nSPS) is 11.8. The van der Waals surface area contributed by atoms with Gasteiger partial charge in [-0.3, -0.25) is 0 Å². The lowest BCUT2D eigenvalue weighted by Crippen LogP contribution is -2.00. The number of hydrogen-bond acceptors (Lipinski definition) is 6. The third kappa shape index (κ3) is 4.38. The number of aromatic nitrogens is 4. The average Bonchev–Trinajstić information content (AvgIpc) is 3.76. The van der Waals surface area contributed by atoms with Crippen molar-refractivity contribution in [3.8, 4) is 44.7 Å². The summed E-state index contributed by atoms with van der Waals surface area (Å²) in [5.41, 5.74) is 6.19. The molecule has 0 saturated heterocycles. The molecule has 10 aromatic rings. The van der Waals surface area contributed by atoms with Crippen molar-refractivity contribution >= 4 is 65.0 Å². The van der Waals surface area contributed by atoms with Crippen molar-refractivity contribution in [1.29, 1.82) is 0 Å².